The lowest BCUT2D eigenvalue weighted by molar-refractivity contribution is -0.121. The lowest BCUT2D eigenvalue weighted by Crippen LogP contribution is -2.31. The summed E-state index contributed by atoms with van der Waals surface area (Å²) in [6, 6.07) is 14.7. The van der Waals surface area contributed by atoms with Crippen molar-refractivity contribution in [2.75, 3.05) is 11.1 Å². The number of nitriles is 1. The molecule has 29 heavy (non-hydrogen) atoms. The summed E-state index contributed by atoms with van der Waals surface area (Å²) >= 11 is 13.0. The third-order valence-electron chi connectivity index (χ3n) is 4.33. The van der Waals surface area contributed by atoms with Gasteiger partial charge in [0.1, 0.15) is 0 Å². The number of aryl methyl sites for hydroxylation is 1. The van der Waals surface area contributed by atoms with Gasteiger partial charge in [0, 0.05) is 28.1 Å². The Morgan fingerprint density at radius 1 is 1.24 bits per heavy atom. The van der Waals surface area contributed by atoms with Gasteiger partial charge in [-0.25, -0.2) is 0 Å². The number of rotatable bonds is 5. The molecule has 0 spiro atoms. The summed E-state index contributed by atoms with van der Waals surface area (Å²) in [6.45, 7) is 1.98. The summed E-state index contributed by atoms with van der Waals surface area (Å²) < 4.78 is 0. The molecule has 0 saturated carbocycles. The molecule has 1 heterocycles. The number of carbonyl (C=O) groups excluding carboxylic acids is 2. The van der Waals surface area contributed by atoms with Gasteiger partial charge in [-0.3, -0.25) is 9.59 Å². The number of amides is 2. The van der Waals surface area contributed by atoms with Crippen LogP contribution < -0.4 is 10.6 Å². The van der Waals surface area contributed by atoms with Gasteiger partial charge in [0.25, 0.3) is 0 Å². The van der Waals surface area contributed by atoms with Crippen molar-refractivity contribution in [1.82, 2.24) is 5.32 Å². The number of benzene rings is 2. The third kappa shape index (κ3) is 5.54. The summed E-state index contributed by atoms with van der Waals surface area (Å²) in [4.78, 5) is 24.5. The van der Waals surface area contributed by atoms with Crippen LogP contribution in [0.5, 0.6) is 0 Å². The van der Waals surface area contributed by atoms with Crippen LogP contribution in [-0.2, 0) is 9.59 Å². The summed E-state index contributed by atoms with van der Waals surface area (Å²) in [7, 11) is 0. The van der Waals surface area contributed by atoms with Crippen LogP contribution in [-0.4, -0.2) is 17.6 Å². The van der Waals surface area contributed by atoms with Crippen LogP contribution in [0.4, 0.5) is 5.69 Å². The first-order valence-corrected chi connectivity index (χ1v) is 10.5. The van der Waals surface area contributed by atoms with Crippen LogP contribution in [0.25, 0.3) is 0 Å². The SMILES string of the molecule is Cc1ccc([C@@H]2CC(=O)NC(SCC(=O)Nc3cc(Cl)cc(Cl)c3)=C2C#N)cc1. The molecule has 2 aromatic rings. The van der Waals surface area contributed by atoms with Crippen molar-refractivity contribution in [3.05, 3.63) is 74.2 Å². The van der Waals surface area contributed by atoms with E-state index in [1.54, 1.807) is 18.2 Å². The molecule has 2 N–H and O–H groups in total. The van der Waals surface area contributed by atoms with E-state index in [9.17, 15) is 14.9 Å². The maximum Gasteiger partial charge on any atom is 0.234 e. The van der Waals surface area contributed by atoms with Gasteiger partial charge < -0.3 is 10.6 Å². The van der Waals surface area contributed by atoms with E-state index in [2.05, 4.69) is 16.7 Å². The Hall–Kier alpha value is -2.46. The smallest absolute Gasteiger partial charge is 0.234 e. The van der Waals surface area contributed by atoms with Crippen molar-refractivity contribution in [2.45, 2.75) is 19.3 Å². The number of nitrogens with zero attached hydrogens (tertiary/aromatic N) is 1. The highest BCUT2D eigenvalue weighted by atomic mass is 35.5. The maximum absolute atomic E-state index is 12.3. The van der Waals surface area contributed by atoms with E-state index in [0.29, 0.717) is 26.3 Å². The zero-order valence-electron chi connectivity index (χ0n) is 15.5. The third-order valence-corrected chi connectivity index (χ3v) is 5.78. The second-order valence-electron chi connectivity index (χ2n) is 6.57. The van der Waals surface area contributed by atoms with E-state index in [1.807, 2.05) is 31.2 Å². The van der Waals surface area contributed by atoms with Gasteiger partial charge >= 0.3 is 0 Å². The van der Waals surface area contributed by atoms with Gasteiger partial charge in [0.2, 0.25) is 11.8 Å². The van der Waals surface area contributed by atoms with E-state index in [1.165, 1.54) is 0 Å². The molecule has 2 amide bonds. The number of hydrogen-bond acceptors (Lipinski definition) is 4. The Balaban J connectivity index is 1.75. The molecule has 1 aliphatic heterocycles. The van der Waals surface area contributed by atoms with Crippen molar-refractivity contribution < 1.29 is 9.59 Å². The zero-order chi connectivity index (χ0) is 21.0. The topological polar surface area (TPSA) is 82.0 Å². The molecule has 1 aliphatic rings. The van der Waals surface area contributed by atoms with Crippen molar-refractivity contribution in [1.29, 1.82) is 5.26 Å². The molecule has 0 bridgehead atoms. The van der Waals surface area contributed by atoms with Crippen LogP contribution in [0.3, 0.4) is 0 Å². The molecule has 0 unspecified atom stereocenters. The molecule has 0 radical (unpaired) electrons. The molecule has 0 aliphatic carbocycles. The van der Waals surface area contributed by atoms with Gasteiger partial charge in [-0.2, -0.15) is 5.26 Å². The van der Waals surface area contributed by atoms with E-state index >= 15 is 0 Å². The van der Waals surface area contributed by atoms with Gasteiger partial charge in [-0.1, -0.05) is 64.8 Å². The average Bonchev–Trinajstić information content (AvgIpc) is 2.65. The molecule has 148 valence electrons. The minimum absolute atomic E-state index is 0.0194. The van der Waals surface area contributed by atoms with E-state index < -0.39 is 0 Å². The van der Waals surface area contributed by atoms with Gasteiger partial charge in [-0.05, 0) is 30.7 Å². The van der Waals surface area contributed by atoms with E-state index in [0.717, 1.165) is 22.9 Å². The molecular weight excluding hydrogens is 429 g/mol. The second kappa shape index (κ2) is 9.36. The Labute approximate surface area is 183 Å². The van der Waals surface area contributed by atoms with Crippen LogP contribution in [0, 0.1) is 18.3 Å². The van der Waals surface area contributed by atoms with Gasteiger partial charge in [-0.15, -0.1) is 0 Å². The lowest BCUT2D eigenvalue weighted by Gasteiger charge is -2.25. The first-order valence-electron chi connectivity index (χ1n) is 8.75. The highest BCUT2D eigenvalue weighted by Gasteiger charge is 2.29. The molecule has 8 heteroatoms. The minimum Gasteiger partial charge on any atom is -0.325 e. The first-order chi connectivity index (χ1) is 13.9. The molecular formula is C21H17Cl2N3O2S. The minimum atomic E-state index is -0.327. The normalized spacial score (nSPS) is 16.2. The molecule has 0 fully saturated rings. The number of hydrogen-bond donors (Lipinski definition) is 2. The molecule has 0 aromatic heterocycles. The first kappa shape index (κ1) is 21.3. The Kier molecular flexibility index (Phi) is 6.86. The Morgan fingerprint density at radius 3 is 2.52 bits per heavy atom. The fraction of sp³-hybridized carbons (Fsp3) is 0.190. The average molecular weight is 446 g/mol. The summed E-state index contributed by atoms with van der Waals surface area (Å²) in [5, 5.41) is 16.4. The fourth-order valence-electron chi connectivity index (χ4n) is 2.98. The van der Waals surface area contributed by atoms with Crippen LogP contribution in [0.1, 0.15) is 23.5 Å². The predicted molar refractivity (Wildman–Crippen MR) is 117 cm³/mol. The Morgan fingerprint density at radius 2 is 1.90 bits per heavy atom. The number of carbonyl (C=O) groups is 2. The highest BCUT2D eigenvalue weighted by Crippen LogP contribution is 2.36. The van der Waals surface area contributed by atoms with Gasteiger partial charge in [0.15, 0.2) is 0 Å². The lowest BCUT2D eigenvalue weighted by atomic mass is 9.87. The number of nitrogens with one attached hydrogen (secondary N) is 2. The molecule has 1 atom stereocenters. The van der Waals surface area contributed by atoms with Crippen LogP contribution in [0.15, 0.2) is 53.1 Å². The molecule has 0 saturated heterocycles. The second-order valence-corrected chi connectivity index (χ2v) is 8.42. The standard InChI is InChI=1S/C21H17Cl2N3O2S/c1-12-2-4-13(5-3-12)17-9-19(27)26-21(18(17)10-24)29-11-20(28)25-16-7-14(22)6-15(23)8-16/h2-8,17H,9,11H2,1H3,(H,25,28)(H,26,27)/t17-/m0/s1. The van der Waals surface area contributed by atoms with E-state index in [4.69, 9.17) is 23.2 Å². The molecule has 3 rings (SSSR count). The van der Waals surface area contributed by atoms with Gasteiger partial charge in [0.05, 0.1) is 22.4 Å². The quantitative estimate of drug-likeness (QED) is 0.677. The zero-order valence-corrected chi connectivity index (χ0v) is 17.8. The summed E-state index contributed by atoms with van der Waals surface area (Å²) in [5.74, 6) is -0.790. The number of anilines is 1. The number of thioether (sulfide) groups is 1. The summed E-state index contributed by atoms with van der Waals surface area (Å²) in [5.41, 5.74) is 2.94. The van der Waals surface area contributed by atoms with E-state index in [-0.39, 0.29) is 29.9 Å². The van der Waals surface area contributed by atoms with Crippen molar-refractivity contribution >= 4 is 52.5 Å². The summed E-state index contributed by atoms with van der Waals surface area (Å²) in [6.07, 6.45) is 0.198. The van der Waals surface area contributed by atoms with Crippen LogP contribution >= 0.6 is 35.0 Å². The molecule has 2 aromatic carbocycles. The van der Waals surface area contributed by atoms with Crippen molar-refractivity contribution in [3.63, 3.8) is 0 Å². The highest BCUT2D eigenvalue weighted by molar-refractivity contribution is 8.03. The maximum atomic E-state index is 12.3. The Bertz CT molecular complexity index is 1010. The molecule has 5 nitrogen and oxygen atoms in total. The van der Waals surface area contributed by atoms with Crippen molar-refractivity contribution in [3.8, 4) is 6.07 Å². The number of halogens is 2. The van der Waals surface area contributed by atoms with Crippen LogP contribution in [0.2, 0.25) is 10.0 Å². The fourth-order valence-corrected chi connectivity index (χ4v) is 4.38. The largest absolute Gasteiger partial charge is 0.325 e. The monoisotopic (exact) mass is 445 g/mol. The van der Waals surface area contributed by atoms with Crippen molar-refractivity contribution in [2.24, 2.45) is 0 Å². The predicted octanol–water partition coefficient (Wildman–Crippen LogP) is 5.01. The number of allylic oxidation sites excluding steroid dienone is 1.